The van der Waals surface area contributed by atoms with Gasteiger partial charge in [-0.2, -0.15) is 0 Å². The van der Waals surface area contributed by atoms with Crippen molar-refractivity contribution in [3.05, 3.63) is 47.5 Å². The van der Waals surface area contributed by atoms with Gasteiger partial charge in [-0.1, -0.05) is 12.1 Å². The van der Waals surface area contributed by atoms with Crippen LogP contribution in [0.4, 0.5) is 9.18 Å². The number of aryl methyl sites for hydroxylation is 2. The maximum atomic E-state index is 13.0. The summed E-state index contributed by atoms with van der Waals surface area (Å²) in [6.45, 7) is 3.57. The van der Waals surface area contributed by atoms with E-state index in [1.54, 1.807) is 25.1 Å². The maximum absolute atomic E-state index is 13.0. The van der Waals surface area contributed by atoms with Crippen LogP contribution in [-0.4, -0.2) is 18.2 Å². The monoisotopic (exact) mass is 275 g/mol. The van der Waals surface area contributed by atoms with E-state index < -0.39 is 6.16 Å². The summed E-state index contributed by atoms with van der Waals surface area (Å²) >= 11 is 0. The van der Waals surface area contributed by atoms with E-state index in [-0.39, 0.29) is 5.82 Å². The Bertz CT molecular complexity index is 638. The van der Waals surface area contributed by atoms with Gasteiger partial charge in [-0.25, -0.2) is 9.18 Å². The predicted molar refractivity (Wildman–Crippen MR) is 72.1 cm³/mol. The third kappa shape index (κ3) is 2.93. The van der Waals surface area contributed by atoms with E-state index in [0.717, 1.165) is 11.3 Å². The summed E-state index contributed by atoms with van der Waals surface area (Å²) in [5, 5.41) is 0. The maximum Gasteiger partial charge on any atom is 0.513 e. The normalized spacial score (nSPS) is 10.2. The van der Waals surface area contributed by atoms with Crippen molar-refractivity contribution in [2.45, 2.75) is 13.8 Å². The molecule has 0 fully saturated rings. The zero-order valence-electron chi connectivity index (χ0n) is 11.4. The number of hydrogen-bond donors (Lipinski definition) is 0. The number of rotatable bonds is 2. The molecule has 1 aromatic carbocycles. The summed E-state index contributed by atoms with van der Waals surface area (Å²) in [4.78, 5) is 15.6. The minimum atomic E-state index is -0.817. The van der Waals surface area contributed by atoms with Gasteiger partial charge in [-0.05, 0) is 37.6 Å². The largest absolute Gasteiger partial charge is 0.513 e. The Morgan fingerprint density at radius 1 is 1.20 bits per heavy atom. The third-order valence-corrected chi connectivity index (χ3v) is 2.78. The van der Waals surface area contributed by atoms with Crippen LogP contribution in [0.1, 0.15) is 11.4 Å². The second-order valence-electron chi connectivity index (χ2n) is 4.29. The van der Waals surface area contributed by atoms with Crippen molar-refractivity contribution in [2.75, 3.05) is 7.11 Å². The molecular weight excluding hydrogens is 261 g/mol. The molecule has 0 aliphatic carbocycles. The minimum absolute atomic E-state index is 0.314. The van der Waals surface area contributed by atoms with E-state index in [1.807, 2.05) is 6.92 Å². The van der Waals surface area contributed by atoms with Gasteiger partial charge >= 0.3 is 6.16 Å². The van der Waals surface area contributed by atoms with Gasteiger partial charge < -0.3 is 9.47 Å². The molecule has 2 aromatic rings. The second-order valence-corrected chi connectivity index (χ2v) is 4.29. The van der Waals surface area contributed by atoms with Crippen LogP contribution in [0.15, 0.2) is 30.3 Å². The average Bonchev–Trinajstić information content (AvgIpc) is 2.42. The molecule has 1 heterocycles. The first-order valence-electron chi connectivity index (χ1n) is 6.01. The molecule has 0 unspecified atom stereocenters. The Hall–Kier alpha value is -2.43. The molecule has 1 aromatic heterocycles. The number of methoxy groups -OCH3 is 1. The molecule has 0 bridgehead atoms. The fraction of sp³-hybridized carbons (Fsp3) is 0.200. The summed E-state index contributed by atoms with van der Waals surface area (Å²) in [6.07, 6.45) is -0.817. The van der Waals surface area contributed by atoms with Crippen LogP contribution in [0.2, 0.25) is 0 Å². The Balaban J connectivity index is 2.55. The van der Waals surface area contributed by atoms with Crippen molar-refractivity contribution >= 4 is 6.16 Å². The molecule has 2 rings (SSSR count). The summed E-state index contributed by atoms with van der Waals surface area (Å²) in [7, 11) is 1.23. The molecule has 0 radical (unpaired) electrons. The Labute approximate surface area is 116 Å². The molecule has 0 aliphatic heterocycles. The highest BCUT2D eigenvalue weighted by Gasteiger charge is 2.15. The highest BCUT2D eigenvalue weighted by molar-refractivity contribution is 5.75. The van der Waals surface area contributed by atoms with Crippen LogP contribution in [-0.2, 0) is 4.74 Å². The van der Waals surface area contributed by atoms with Gasteiger partial charge in [0.15, 0.2) is 5.75 Å². The van der Waals surface area contributed by atoms with Crippen molar-refractivity contribution in [1.29, 1.82) is 0 Å². The summed E-state index contributed by atoms with van der Waals surface area (Å²) < 4.78 is 22.7. The van der Waals surface area contributed by atoms with Gasteiger partial charge in [0.25, 0.3) is 0 Å². The summed E-state index contributed by atoms with van der Waals surface area (Å²) in [5.41, 5.74) is 2.74. The molecule has 0 aliphatic rings. The second kappa shape index (κ2) is 5.69. The zero-order valence-corrected chi connectivity index (χ0v) is 11.4. The molecule has 0 saturated carbocycles. The van der Waals surface area contributed by atoms with Crippen molar-refractivity contribution in [2.24, 2.45) is 0 Å². The van der Waals surface area contributed by atoms with Crippen molar-refractivity contribution in [1.82, 2.24) is 4.98 Å². The molecule has 104 valence electrons. The van der Waals surface area contributed by atoms with E-state index in [4.69, 9.17) is 4.74 Å². The topological polar surface area (TPSA) is 48.4 Å². The van der Waals surface area contributed by atoms with Crippen molar-refractivity contribution in [3.8, 4) is 16.9 Å². The van der Waals surface area contributed by atoms with Gasteiger partial charge in [-0.15, -0.1) is 0 Å². The lowest BCUT2D eigenvalue weighted by atomic mass is 10.0. The fourth-order valence-electron chi connectivity index (χ4n) is 1.91. The lowest BCUT2D eigenvalue weighted by Crippen LogP contribution is -2.10. The summed E-state index contributed by atoms with van der Waals surface area (Å²) in [5.74, 6) is -0.0132. The number of carbonyl (C=O) groups excluding carboxylic acids is 1. The van der Waals surface area contributed by atoms with Gasteiger partial charge in [-0.3, -0.25) is 4.98 Å². The van der Waals surface area contributed by atoms with E-state index >= 15 is 0 Å². The molecule has 0 saturated heterocycles. The number of aromatic nitrogens is 1. The third-order valence-electron chi connectivity index (χ3n) is 2.78. The first-order chi connectivity index (χ1) is 9.51. The van der Waals surface area contributed by atoms with Crippen LogP contribution in [0.25, 0.3) is 11.1 Å². The van der Waals surface area contributed by atoms with Crippen molar-refractivity contribution in [3.63, 3.8) is 0 Å². The molecule has 20 heavy (non-hydrogen) atoms. The molecule has 0 amide bonds. The summed E-state index contributed by atoms with van der Waals surface area (Å²) in [6, 6.07) is 7.71. The quantitative estimate of drug-likeness (QED) is 0.785. The smallest absolute Gasteiger partial charge is 0.437 e. The molecule has 0 spiro atoms. The molecule has 4 nitrogen and oxygen atoms in total. The zero-order chi connectivity index (χ0) is 14.7. The highest BCUT2D eigenvalue weighted by Crippen LogP contribution is 2.33. The lowest BCUT2D eigenvalue weighted by Gasteiger charge is -2.12. The average molecular weight is 275 g/mol. The van der Waals surface area contributed by atoms with Gasteiger partial charge in [0.2, 0.25) is 0 Å². The highest BCUT2D eigenvalue weighted by atomic mass is 19.1. The van der Waals surface area contributed by atoms with E-state index in [2.05, 4.69) is 9.72 Å². The molecular formula is C15H14FNO3. The van der Waals surface area contributed by atoms with Crippen LogP contribution >= 0.6 is 0 Å². The SMILES string of the molecule is COC(=O)Oc1c(-c2ccc(F)cc2)cc(C)nc1C. The number of ether oxygens (including phenoxy) is 2. The van der Waals surface area contributed by atoms with Crippen LogP contribution in [0.3, 0.4) is 0 Å². The van der Waals surface area contributed by atoms with E-state index in [9.17, 15) is 9.18 Å². The van der Waals surface area contributed by atoms with Crippen molar-refractivity contribution < 1.29 is 18.7 Å². The number of benzene rings is 1. The first kappa shape index (κ1) is 14.0. The fourth-order valence-corrected chi connectivity index (χ4v) is 1.91. The number of nitrogens with zero attached hydrogens (tertiary/aromatic N) is 1. The minimum Gasteiger partial charge on any atom is -0.437 e. The Morgan fingerprint density at radius 2 is 1.85 bits per heavy atom. The number of pyridine rings is 1. The molecule has 0 atom stereocenters. The van der Waals surface area contributed by atoms with Crippen LogP contribution in [0, 0.1) is 19.7 Å². The van der Waals surface area contributed by atoms with E-state index in [1.165, 1.54) is 19.2 Å². The van der Waals surface area contributed by atoms with Gasteiger partial charge in [0.05, 0.1) is 12.8 Å². The van der Waals surface area contributed by atoms with E-state index in [0.29, 0.717) is 17.0 Å². The predicted octanol–water partition coefficient (Wildman–Crippen LogP) is 3.65. The Morgan fingerprint density at radius 3 is 2.45 bits per heavy atom. The number of halogens is 1. The molecule has 0 N–H and O–H groups in total. The Kier molecular flexibility index (Phi) is 3.98. The lowest BCUT2D eigenvalue weighted by molar-refractivity contribution is 0.121. The first-order valence-corrected chi connectivity index (χ1v) is 6.01. The van der Waals surface area contributed by atoms with Crippen LogP contribution < -0.4 is 4.74 Å². The molecule has 5 heteroatoms. The van der Waals surface area contributed by atoms with Gasteiger partial charge in [0.1, 0.15) is 5.82 Å². The number of hydrogen-bond acceptors (Lipinski definition) is 4. The number of carbonyl (C=O) groups is 1. The standard InChI is InChI=1S/C15H14FNO3/c1-9-8-13(11-4-6-12(16)7-5-11)14(10(2)17-9)20-15(18)19-3/h4-8H,1-3H3. The van der Waals surface area contributed by atoms with Gasteiger partial charge in [0, 0.05) is 11.3 Å². The van der Waals surface area contributed by atoms with Crippen LogP contribution in [0.5, 0.6) is 5.75 Å².